The number of nitrogens with zero attached hydrogens (tertiary/aromatic N) is 2. The van der Waals surface area contributed by atoms with Gasteiger partial charge in [0.2, 0.25) is 0 Å². The van der Waals surface area contributed by atoms with E-state index < -0.39 is 0 Å². The van der Waals surface area contributed by atoms with Gasteiger partial charge in [0.15, 0.2) is 5.96 Å². The van der Waals surface area contributed by atoms with Gasteiger partial charge in [-0.15, -0.1) is 0 Å². The van der Waals surface area contributed by atoms with Gasteiger partial charge in [-0.2, -0.15) is 0 Å². The highest BCUT2D eigenvalue weighted by atomic mass is 15.1. The maximum Gasteiger partial charge on any atom is 0.190 e. The van der Waals surface area contributed by atoms with Gasteiger partial charge in [-0.25, -0.2) is 9.97 Å². The molecule has 0 spiro atoms. The van der Waals surface area contributed by atoms with Gasteiger partial charge in [0.05, 0.1) is 34.0 Å². The third-order valence-electron chi connectivity index (χ3n) is 4.44. The molecule has 0 fully saturated rings. The number of aromatic amines is 2. The third-order valence-corrected chi connectivity index (χ3v) is 4.44. The maximum atomic E-state index is 7.55. The van der Waals surface area contributed by atoms with Gasteiger partial charge in [0.1, 0.15) is 0 Å². The van der Waals surface area contributed by atoms with E-state index in [0.29, 0.717) is 5.69 Å². The predicted molar refractivity (Wildman–Crippen MR) is 114 cm³/mol. The number of nitrogens with one attached hydrogen (secondary N) is 4. The molecule has 0 saturated heterocycles. The number of hydrogen-bond donors (Lipinski definition) is 5. The first-order valence-corrected chi connectivity index (χ1v) is 8.80. The van der Waals surface area contributed by atoms with E-state index in [1.54, 1.807) is 0 Å². The molecule has 3 aromatic heterocycles. The monoisotopic (exact) mass is 367 g/mol. The summed E-state index contributed by atoms with van der Waals surface area (Å²) in [6.45, 7) is 0. The first-order valence-electron chi connectivity index (χ1n) is 8.80. The van der Waals surface area contributed by atoms with Crippen molar-refractivity contribution in [1.82, 2.24) is 19.9 Å². The molecule has 3 aromatic rings. The highest BCUT2D eigenvalue weighted by Gasteiger charge is 2.05. The van der Waals surface area contributed by atoms with E-state index in [-0.39, 0.29) is 5.96 Å². The number of hydrogen-bond acceptors (Lipinski definition) is 3. The van der Waals surface area contributed by atoms with Crippen LogP contribution in [0.4, 0.5) is 5.69 Å². The van der Waals surface area contributed by atoms with Crippen LogP contribution in [0.25, 0.3) is 46.4 Å². The third kappa shape index (κ3) is 3.16. The molecule has 7 heteroatoms. The lowest BCUT2D eigenvalue weighted by Gasteiger charge is -1.99. The number of aromatic nitrogens is 4. The van der Waals surface area contributed by atoms with Crippen molar-refractivity contribution in [3.05, 3.63) is 65.2 Å². The summed E-state index contributed by atoms with van der Waals surface area (Å²) in [5, 5.41) is 10.4. The molecule has 2 aliphatic heterocycles. The van der Waals surface area contributed by atoms with Crippen LogP contribution in [-0.4, -0.2) is 25.9 Å². The second-order valence-corrected chi connectivity index (χ2v) is 6.63. The first-order chi connectivity index (χ1) is 13.6. The Balaban J connectivity index is 1.83. The van der Waals surface area contributed by atoms with E-state index in [9.17, 15) is 0 Å². The SMILES string of the molecule is N=C(N)Nc1cc2cc3nc(cc4ccc(cc5nc(cc1[nH]2)C=C5)[nH]4)C=C3. The van der Waals surface area contributed by atoms with E-state index in [1.807, 2.05) is 66.8 Å². The Morgan fingerprint density at radius 1 is 0.750 bits per heavy atom. The van der Waals surface area contributed by atoms with Gasteiger partial charge in [-0.05, 0) is 66.8 Å². The summed E-state index contributed by atoms with van der Waals surface area (Å²) < 4.78 is 0. The second-order valence-electron chi connectivity index (χ2n) is 6.63. The summed E-state index contributed by atoms with van der Waals surface area (Å²) >= 11 is 0. The van der Waals surface area contributed by atoms with Crippen LogP contribution in [0, 0.1) is 5.41 Å². The lowest BCUT2D eigenvalue weighted by Crippen LogP contribution is -2.20. The van der Waals surface area contributed by atoms with Gasteiger partial charge in [0, 0.05) is 16.6 Å². The van der Waals surface area contributed by atoms with Crippen LogP contribution in [0.2, 0.25) is 0 Å². The molecular weight excluding hydrogens is 350 g/mol. The zero-order valence-corrected chi connectivity index (χ0v) is 14.8. The fourth-order valence-electron chi connectivity index (χ4n) is 3.27. The summed E-state index contributed by atoms with van der Waals surface area (Å²) in [4.78, 5) is 16.0. The molecule has 8 bridgehead atoms. The summed E-state index contributed by atoms with van der Waals surface area (Å²) in [6.07, 6.45) is 7.86. The normalized spacial score (nSPS) is 12.3. The van der Waals surface area contributed by atoms with Crippen LogP contribution in [0.1, 0.15) is 22.8 Å². The van der Waals surface area contributed by atoms with E-state index in [2.05, 4.69) is 25.3 Å². The number of fused-ring (bicyclic) bond motifs is 8. The molecule has 0 saturated carbocycles. The largest absolute Gasteiger partial charge is 0.370 e. The Morgan fingerprint density at radius 2 is 1.29 bits per heavy atom. The predicted octanol–water partition coefficient (Wildman–Crippen LogP) is 3.96. The van der Waals surface area contributed by atoms with Crippen molar-refractivity contribution in [2.24, 2.45) is 5.73 Å². The van der Waals surface area contributed by atoms with E-state index in [4.69, 9.17) is 11.1 Å². The standard InChI is InChI=1S/C21H17N7/c22-21(23)28-20-11-18-9-16-4-3-14(25-16)7-12-1-2-13(24-12)8-15-5-6-17(26-15)10-19(20)27-18/h1-11,24,27H,(H4,22,23,28). The molecule has 5 heterocycles. The summed E-state index contributed by atoms with van der Waals surface area (Å²) in [5.74, 6) is -0.124. The molecular formula is C21H17N7. The van der Waals surface area contributed by atoms with Crippen LogP contribution in [-0.2, 0) is 0 Å². The minimum Gasteiger partial charge on any atom is -0.370 e. The average Bonchev–Trinajstić information content (AvgIpc) is 3.40. The maximum absolute atomic E-state index is 7.55. The summed E-state index contributed by atoms with van der Waals surface area (Å²) in [5.41, 5.74) is 13.2. The molecule has 0 aromatic carbocycles. The Kier molecular flexibility index (Phi) is 3.58. The summed E-state index contributed by atoms with van der Waals surface area (Å²) in [7, 11) is 0. The fraction of sp³-hybridized carbons (Fsp3) is 0. The van der Waals surface area contributed by atoms with Crippen molar-refractivity contribution in [2.45, 2.75) is 0 Å². The molecule has 136 valence electrons. The Bertz CT molecular complexity index is 1320. The lowest BCUT2D eigenvalue weighted by atomic mass is 10.3. The zero-order valence-electron chi connectivity index (χ0n) is 14.8. The molecule has 6 N–H and O–H groups in total. The Morgan fingerprint density at radius 3 is 1.86 bits per heavy atom. The molecule has 0 unspecified atom stereocenters. The van der Waals surface area contributed by atoms with Gasteiger partial charge < -0.3 is 21.0 Å². The minimum atomic E-state index is -0.124. The molecule has 0 atom stereocenters. The van der Waals surface area contributed by atoms with Crippen LogP contribution in [0.15, 0.2) is 42.5 Å². The van der Waals surface area contributed by atoms with Gasteiger partial charge in [-0.3, -0.25) is 5.41 Å². The van der Waals surface area contributed by atoms with E-state index >= 15 is 0 Å². The molecule has 0 amide bonds. The van der Waals surface area contributed by atoms with Gasteiger partial charge in [-0.1, -0.05) is 0 Å². The smallest absolute Gasteiger partial charge is 0.190 e. The molecule has 5 rings (SSSR count). The van der Waals surface area contributed by atoms with E-state index in [1.165, 1.54) is 0 Å². The second kappa shape index (κ2) is 6.24. The number of anilines is 1. The average molecular weight is 367 g/mol. The van der Waals surface area contributed by atoms with Crippen molar-refractivity contribution >= 4 is 58.0 Å². The van der Waals surface area contributed by atoms with Crippen LogP contribution in [0.5, 0.6) is 0 Å². The topological polar surface area (TPSA) is 119 Å². The summed E-state index contributed by atoms with van der Waals surface area (Å²) in [6, 6.07) is 13.8. The van der Waals surface area contributed by atoms with Gasteiger partial charge >= 0.3 is 0 Å². The molecule has 7 nitrogen and oxygen atoms in total. The van der Waals surface area contributed by atoms with Crippen molar-refractivity contribution in [3.8, 4) is 0 Å². The number of H-pyrrole nitrogens is 2. The number of rotatable bonds is 1. The molecule has 2 aliphatic rings. The minimum absolute atomic E-state index is 0.124. The number of guanidine groups is 1. The fourth-order valence-corrected chi connectivity index (χ4v) is 3.27. The van der Waals surface area contributed by atoms with Crippen molar-refractivity contribution in [1.29, 1.82) is 5.41 Å². The van der Waals surface area contributed by atoms with Crippen molar-refractivity contribution in [2.75, 3.05) is 5.32 Å². The van der Waals surface area contributed by atoms with Gasteiger partial charge in [0.25, 0.3) is 0 Å². The quantitative estimate of drug-likeness (QED) is 0.227. The Labute approximate surface area is 160 Å². The van der Waals surface area contributed by atoms with Crippen molar-refractivity contribution in [3.63, 3.8) is 0 Å². The highest BCUT2D eigenvalue weighted by molar-refractivity contribution is 5.96. The molecule has 28 heavy (non-hydrogen) atoms. The molecule has 0 radical (unpaired) electrons. The van der Waals surface area contributed by atoms with E-state index in [0.717, 1.165) is 44.8 Å². The van der Waals surface area contributed by atoms with Crippen molar-refractivity contribution < 1.29 is 0 Å². The van der Waals surface area contributed by atoms with Crippen LogP contribution >= 0.6 is 0 Å². The Hall–Kier alpha value is -4.13. The van der Waals surface area contributed by atoms with Crippen LogP contribution in [0.3, 0.4) is 0 Å². The zero-order chi connectivity index (χ0) is 19.1. The molecule has 0 aliphatic carbocycles. The van der Waals surface area contributed by atoms with Crippen LogP contribution < -0.4 is 11.1 Å². The highest BCUT2D eigenvalue weighted by Crippen LogP contribution is 2.22. The number of nitrogens with two attached hydrogens (primary N) is 1. The lowest BCUT2D eigenvalue weighted by molar-refractivity contribution is 1.31. The first kappa shape index (κ1) is 16.1.